The Balaban J connectivity index is 3.35. The molecule has 0 heterocycles. The Labute approximate surface area is 48.2 Å². The van der Waals surface area contributed by atoms with E-state index >= 15 is 0 Å². The van der Waals surface area contributed by atoms with Crippen LogP contribution in [0.3, 0.4) is 0 Å². The molecule has 0 spiro atoms. The molecule has 0 aromatic rings. The monoisotopic (exact) mass is 115 g/mol. The van der Waals surface area contributed by atoms with Crippen LogP contribution in [0, 0.1) is 0 Å². The van der Waals surface area contributed by atoms with Crippen LogP contribution in [0.1, 0.15) is 0 Å². The number of aliphatic hydroxyl groups is 1. The zero-order valence-electron chi connectivity index (χ0n) is 4.58. The van der Waals surface area contributed by atoms with Crippen LogP contribution in [0.15, 0.2) is 12.8 Å². The van der Waals surface area contributed by atoms with Crippen molar-refractivity contribution < 1.29 is 9.90 Å². The van der Waals surface area contributed by atoms with Crippen molar-refractivity contribution >= 4 is 6.41 Å². The fraction of sp³-hybridized carbons (Fsp3) is 0.400. The minimum atomic E-state index is -0.0231. The molecule has 0 saturated heterocycles. The number of hydrogen-bond acceptors (Lipinski definition) is 2. The molecule has 0 aliphatic carbocycles. The van der Waals surface area contributed by atoms with Crippen LogP contribution in [-0.4, -0.2) is 29.6 Å². The zero-order chi connectivity index (χ0) is 6.41. The lowest BCUT2D eigenvalue weighted by Crippen LogP contribution is -2.18. The summed E-state index contributed by atoms with van der Waals surface area (Å²) in [5.74, 6) is 0. The molecule has 0 saturated carbocycles. The van der Waals surface area contributed by atoms with Gasteiger partial charge in [-0.3, -0.25) is 4.79 Å². The Morgan fingerprint density at radius 3 is 2.50 bits per heavy atom. The van der Waals surface area contributed by atoms with Crippen LogP contribution >= 0.6 is 0 Å². The molecule has 3 nitrogen and oxygen atoms in total. The highest BCUT2D eigenvalue weighted by atomic mass is 16.3. The van der Waals surface area contributed by atoms with E-state index in [4.69, 9.17) is 5.11 Å². The summed E-state index contributed by atoms with van der Waals surface area (Å²) in [7, 11) is 0. The van der Waals surface area contributed by atoms with Crippen LogP contribution in [0.5, 0.6) is 0 Å². The first kappa shape index (κ1) is 7.17. The molecular weight excluding hydrogens is 106 g/mol. The summed E-state index contributed by atoms with van der Waals surface area (Å²) in [5.41, 5.74) is 0. The van der Waals surface area contributed by atoms with E-state index in [1.54, 1.807) is 0 Å². The number of aliphatic hydroxyl groups excluding tert-OH is 1. The molecule has 0 rings (SSSR count). The third-order valence-electron chi connectivity index (χ3n) is 0.728. The molecule has 0 aromatic carbocycles. The van der Waals surface area contributed by atoms with Crippen LogP contribution in [0.2, 0.25) is 0 Å². The summed E-state index contributed by atoms with van der Waals surface area (Å²) in [5, 5.41) is 8.25. The maximum absolute atomic E-state index is 9.87. The average Bonchev–Trinajstić information content (AvgIpc) is 1.83. The maximum Gasteiger partial charge on any atom is 0.213 e. The second kappa shape index (κ2) is 4.33. The van der Waals surface area contributed by atoms with E-state index in [0.29, 0.717) is 13.0 Å². The van der Waals surface area contributed by atoms with Crippen molar-refractivity contribution in [3.63, 3.8) is 0 Å². The SMILES string of the molecule is C=CN(C=O)CCO. The second-order valence-electron chi connectivity index (χ2n) is 1.25. The van der Waals surface area contributed by atoms with Gasteiger partial charge in [-0.2, -0.15) is 0 Å². The molecule has 0 radical (unpaired) electrons. The van der Waals surface area contributed by atoms with Gasteiger partial charge < -0.3 is 10.0 Å². The molecule has 3 heteroatoms. The number of carbonyl (C=O) groups excluding carboxylic acids is 1. The van der Waals surface area contributed by atoms with Gasteiger partial charge in [0.25, 0.3) is 0 Å². The number of hydrogen-bond donors (Lipinski definition) is 1. The first-order valence-corrected chi connectivity index (χ1v) is 2.29. The molecule has 0 atom stereocenters. The van der Waals surface area contributed by atoms with E-state index in [9.17, 15) is 4.79 Å². The summed E-state index contributed by atoms with van der Waals surface area (Å²) in [4.78, 5) is 11.1. The van der Waals surface area contributed by atoms with Gasteiger partial charge in [-0.15, -0.1) is 0 Å². The fourth-order valence-electron chi connectivity index (χ4n) is 0.302. The summed E-state index contributed by atoms with van der Waals surface area (Å²) < 4.78 is 0. The number of nitrogens with zero attached hydrogens (tertiary/aromatic N) is 1. The summed E-state index contributed by atoms with van der Waals surface area (Å²) in [6.45, 7) is 3.64. The van der Waals surface area contributed by atoms with E-state index in [2.05, 4.69) is 6.58 Å². The van der Waals surface area contributed by atoms with Crippen molar-refractivity contribution in [1.82, 2.24) is 4.90 Å². The van der Waals surface area contributed by atoms with Gasteiger partial charge in [-0.05, 0) is 6.20 Å². The Morgan fingerprint density at radius 1 is 1.75 bits per heavy atom. The lowest BCUT2D eigenvalue weighted by atomic mass is 10.6. The number of carbonyl (C=O) groups is 1. The van der Waals surface area contributed by atoms with E-state index in [1.807, 2.05) is 0 Å². The summed E-state index contributed by atoms with van der Waals surface area (Å²) in [6.07, 6.45) is 1.98. The minimum absolute atomic E-state index is 0.0231. The summed E-state index contributed by atoms with van der Waals surface area (Å²) >= 11 is 0. The van der Waals surface area contributed by atoms with E-state index in [-0.39, 0.29) is 6.61 Å². The normalized spacial score (nSPS) is 8.12. The molecule has 8 heavy (non-hydrogen) atoms. The Bertz CT molecular complexity index is 74.5. The van der Waals surface area contributed by atoms with Gasteiger partial charge in [0.05, 0.1) is 6.61 Å². The van der Waals surface area contributed by atoms with Crippen LogP contribution in [0.4, 0.5) is 0 Å². The molecule has 0 aliphatic rings. The molecule has 0 aromatic heterocycles. The van der Waals surface area contributed by atoms with Gasteiger partial charge in [0, 0.05) is 6.54 Å². The Hall–Kier alpha value is -0.830. The van der Waals surface area contributed by atoms with Crippen molar-refractivity contribution in [1.29, 1.82) is 0 Å². The lowest BCUT2D eigenvalue weighted by Gasteiger charge is -2.06. The standard InChI is InChI=1S/C5H9NO2/c1-2-6(5-8)3-4-7/h2,5,7H,1,3-4H2. The molecule has 0 fully saturated rings. The van der Waals surface area contributed by atoms with E-state index < -0.39 is 0 Å². The van der Waals surface area contributed by atoms with Crippen LogP contribution in [0.25, 0.3) is 0 Å². The second-order valence-corrected chi connectivity index (χ2v) is 1.25. The zero-order valence-corrected chi connectivity index (χ0v) is 4.58. The van der Waals surface area contributed by atoms with Gasteiger partial charge in [0.15, 0.2) is 0 Å². The van der Waals surface area contributed by atoms with Crippen molar-refractivity contribution in [2.75, 3.05) is 13.2 Å². The fourth-order valence-corrected chi connectivity index (χ4v) is 0.302. The average molecular weight is 115 g/mol. The lowest BCUT2D eigenvalue weighted by molar-refractivity contribution is -0.116. The molecule has 46 valence electrons. The van der Waals surface area contributed by atoms with Crippen molar-refractivity contribution in [3.05, 3.63) is 12.8 Å². The topological polar surface area (TPSA) is 40.5 Å². The summed E-state index contributed by atoms with van der Waals surface area (Å²) in [6, 6.07) is 0. The first-order chi connectivity index (χ1) is 3.85. The molecular formula is C5H9NO2. The quantitative estimate of drug-likeness (QED) is 0.505. The third-order valence-corrected chi connectivity index (χ3v) is 0.728. The highest BCUT2D eigenvalue weighted by Crippen LogP contribution is 1.78. The van der Waals surface area contributed by atoms with E-state index in [0.717, 1.165) is 0 Å². The van der Waals surface area contributed by atoms with Gasteiger partial charge >= 0.3 is 0 Å². The number of rotatable bonds is 4. The van der Waals surface area contributed by atoms with Gasteiger partial charge in [0.1, 0.15) is 0 Å². The molecule has 0 aliphatic heterocycles. The Kier molecular flexibility index (Phi) is 3.88. The first-order valence-electron chi connectivity index (χ1n) is 2.29. The Morgan fingerprint density at radius 2 is 2.38 bits per heavy atom. The largest absolute Gasteiger partial charge is 0.395 e. The van der Waals surface area contributed by atoms with Crippen LogP contribution < -0.4 is 0 Å². The van der Waals surface area contributed by atoms with Crippen molar-refractivity contribution in [3.8, 4) is 0 Å². The molecule has 1 amide bonds. The van der Waals surface area contributed by atoms with E-state index in [1.165, 1.54) is 11.1 Å². The van der Waals surface area contributed by atoms with Crippen molar-refractivity contribution in [2.24, 2.45) is 0 Å². The highest BCUT2D eigenvalue weighted by molar-refractivity contribution is 5.48. The van der Waals surface area contributed by atoms with Gasteiger partial charge in [-0.1, -0.05) is 6.58 Å². The van der Waals surface area contributed by atoms with Crippen LogP contribution in [-0.2, 0) is 4.79 Å². The third kappa shape index (κ3) is 2.36. The smallest absolute Gasteiger partial charge is 0.213 e. The molecule has 0 unspecified atom stereocenters. The molecule has 1 N–H and O–H groups in total. The minimum Gasteiger partial charge on any atom is -0.395 e. The van der Waals surface area contributed by atoms with Gasteiger partial charge in [-0.25, -0.2) is 0 Å². The predicted molar refractivity (Wildman–Crippen MR) is 30.1 cm³/mol. The number of amides is 1. The molecule has 0 bridgehead atoms. The van der Waals surface area contributed by atoms with Gasteiger partial charge in [0.2, 0.25) is 6.41 Å². The van der Waals surface area contributed by atoms with Crippen molar-refractivity contribution in [2.45, 2.75) is 0 Å². The maximum atomic E-state index is 9.87. The highest BCUT2D eigenvalue weighted by Gasteiger charge is 1.89. The predicted octanol–water partition coefficient (Wildman–Crippen LogP) is -0.419.